The van der Waals surface area contributed by atoms with E-state index < -0.39 is 5.82 Å². The number of nitrogens with zero attached hydrogens (tertiary/aromatic N) is 6. The van der Waals surface area contributed by atoms with Crippen LogP contribution in [-0.2, 0) is 18.3 Å². The monoisotopic (exact) mass is 404 g/mol. The Kier molecular flexibility index (Phi) is 4.86. The smallest absolute Gasteiger partial charge is 0.269 e. The molecule has 146 valence electrons. The molecule has 0 atom stereocenters. The standard InChI is InChI=1S/C18H18ClFN6O2/c1-24-16(18(22-23-24)14-4-3-11(19)5-15(14)20)10-26-17(27)6-12(7-21-26)25-8-13(9-25)28-2/h3-7,13H,8-10H2,1-2H3. The summed E-state index contributed by atoms with van der Waals surface area (Å²) in [6.07, 6.45) is 1.82. The van der Waals surface area contributed by atoms with Crippen LogP contribution in [0, 0.1) is 5.82 Å². The van der Waals surface area contributed by atoms with Gasteiger partial charge in [-0.1, -0.05) is 16.8 Å². The Balaban J connectivity index is 1.62. The molecule has 0 bridgehead atoms. The van der Waals surface area contributed by atoms with Crippen molar-refractivity contribution >= 4 is 17.3 Å². The number of anilines is 1. The van der Waals surface area contributed by atoms with Crippen molar-refractivity contribution in [2.24, 2.45) is 7.05 Å². The zero-order valence-corrected chi connectivity index (χ0v) is 16.1. The average molecular weight is 405 g/mol. The molecule has 1 saturated heterocycles. The van der Waals surface area contributed by atoms with E-state index in [0.717, 1.165) is 18.8 Å². The first kappa shape index (κ1) is 18.6. The number of aromatic nitrogens is 5. The third-order valence-corrected chi connectivity index (χ3v) is 5.07. The summed E-state index contributed by atoms with van der Waals surface area (Å²) in [6, 6.07) is 5.87. The summed E-state index contributed by atoms with van der Waals surface area (Å²) in [5.41, 5.74) is 1.67. The first-order valence-electron chi connectivity index (χ1n) is 8.65. The van der Waals surface area contributed by atoms with E-state index in [4.69, 9.17) is 16.3 Å². The number of hydrogen-bond acceptors (Lipinski definition) is 6. The van der Waals surface area contributed by atoms with Gasteiger partial charge in [-0.05, 0) is 18.2 Å². The Morgan fingerprint density at radius 2 is 2.11 bits per heavy atom. The molecule has 2 aromatic heterocycles. The van der Waals surface area contributed by atoms with Crippen LogP contribution in [0.5, 0.6) is 0 Å². The topological polar surface area (TPSA) is 78.1 Å². The molecule has 8 nitrogen and oxygen atoms in total. The number of hydrogen-bond donors (Lipinski definition) is 0. The van der Waals surface area contributed by atoms with E-state index in [9.17, 15) is 9.18 Å². The Hall–Kier alpha value is -2.78. The third-order valence-electron chi connectivity index (χ3n) is 4.83. The van der Waals surface area contributed by atoms with E-state index in [1.54, 1.807) is 32.5 Å². The van der Waals surface area contributed by atoms with Gasteiger partial charge in [-0.2, -0.15) is 5.10 Å². The SMILES string of the molecule is COC1CN(c2cnn(Cc3c(-c4ccc(Cl)cc4F)nnn3C)c(=O)c2)C1. The maximum absolute atomic E-state index is 14.3. The van der Waals surface area contributed by atoms with Gasteiger partial charge in [-0.3, -0.25) is 4.79 Å². The minimum atomic E-state index is -0.504. The normalized spacial score (nSPS) is 14.4. The molecule has 4 rings (SSSR count). The molecule has 0 amide bonds. The van der Waals surface area contributed by atoms with E-state index >= 15 is 0 Å². The molecule has 3 aromatic rings. The summed E-state index contributed by atoms with van der Waals surface area (Å²) in [7, 11) is 3.35. The maximum Gasteiger partial charge on any atom is 0.269 e. The highest BCUT2D eigenvalue weighted by molar-refractivity contribution is 6.30. The molecule has 0 saturated carbocycles. The number of aryl methyl sites for hydroxylation is 1. The van der Waals surface area contributed by atoms with Gasteiger partial charge in [0.25, 0.3) is 5.56 Å². The zero-order chi connectivity index (χ0) is 19.8. The lowest BCUT2D eigenvalue weighted by Gasteiger charge is -2.39. The molecule has 28 heavy (non-hydrogen) atoms. The van der Waals surface area contributed by atoms with E-state index in [2.05, 4.69) is 15.4 Å². The van der Waals surface area contributed by atoms with E-state index in [-0.39, 0.29) is 23.8 Å². The van der Waals surface area contributed by atoms with Crippen LogP contribution in [0.1, 0.15) is 5.69 Å². The van der Waals surface area contributed by atoms with Gasteiger partial charge in [0, 0.05) is 43.9 Å². The van der Waals surface area contributed by atoms with Crippen LogP contribution >= 0.6 is 11.6 Å². The van der Waals surface area contributed by atoms with Gasteiger partial charge in [0.05, 0.1) is 30.2 Å². The lowest BCUT2D eigenvalue weighted by Crippen LogP contribution is -2.52. The first-order chi connectivity index (χ1) is 13.5. The van der Waals surface area contributed by atoms with Crippen LogP contribution in [-0.4, -0.2) is 51.1 Å². The lowest BCUT2D eigenvalue weighted by atomic mass is 10.1. The second kappa shape index (κ2) is 7.33. The van der Waals surface area contributed by atoms with Gasteiger partial charge >= 0.3 is 0 Å². The predicted octanol–water partition coefficient (Wildman–Crippen LogP) is 1.71. The Morgan fingerprint density at radius 3 is 2.79 bits per heavy atom. The molecule has 0 unspecified atom stereocenters. The molecular weight excluding hydrogens is 387 g/mol. The van der Waals surface area contributed by atoms with Crippen molar-refractivity contribution in [1.29, 1.82) is 0 Å². The van der Waals surface area contributed by atoms with Gasteiger partial charge < -0.3 is 9.64 Å². The lowest BCUT2D eigenvalue weighted by molar-refractivity contribution is 0.0787. The highest BCUT2D eigenvalue weighted by Crippen LogP contribution is 2.26. The quantitative estimate of drug-likeness (QED) is 0.644. The third kappa shape index (κ3) is 3.38. The summed E-state index contributed by atoms with van der Waals surface area (Å²) in [5, 5.41) is 12.6. The van der Waals surface area contributed by atoms with Gasteiger partial charge in [-0.25, -0.2) is 13.8 Å². The van der Waals surface area contributed by atoms with Crippen molar-refractivity contribution in [3.05, 3.63) is 57.3 Å². The fourth-order valence-electron chi connectivity index (χ4n) is 3.10. The largest absolute Gasteiger partial charge is 0.378 e. The fraction of sp³-hybridized carbons (Fsp3) is 0.333. The molecule has 1 aliphatic heterocycles. The van der Waals surface area contributed by atoms with E-state index in [1.165, 1.54) is 21.5 Å². The molecule has 0 N–H and O–H groups in total. The molecule has 1 aliphatic rings. The summed E-state index contributed by atoms with van der Waals surface area (Å²) in [4.78, 5) is 14.6. The van der Waals surface area contributed by atoms with Crippen molar-refractivity contribution in [1.82, 2.24) is 24.8 Å². The van der Waals surface area contributed by atoms with Crippen LogP contribution in [0.2, 0.25) is 5.02 Å². The summed E-state index contributed by atoms with van der Waals surface area (Å²) < 4.78 is 22.4. The first-order valence-corrected chi connectivity index (χ1v) is 9.03. The van der Waals surface area contributed by atoms with Gasteiger partial charge in [0.1, 0.15) is 11.5 Å². The van der Waals surface area contributed by atoms with Crippen molar-refractivity contribution in [3.8, 4) is 11.3 Å². The maximum atomic E-state index is 14.3. The van der Waals surface area contributed by atoms with Crippen molar-refractivity contribution in [2.75, 3.05) is 25.1 Å². The van der Waals surface area contributed by atoms with Crippen molar-refractivity contribution in [3.63, 3.8) is 0 Å². The van der Waals surface area contributed by atoms with Gasteiger partial charge in [-0.15, -0.1) is 5.10 Å². The Labute approximate surface area is 165 Å². The van der Waals surface area contributed by atoms with Crippen molar-refractivity contribution in [2.45, 2.75) is 12.6 Å². The number of halogens is 2. The number of ether oxygens (including phenoxy) is 1. The minimum Gasteiger partial charge on any atom is -0.378 e. The predicted molar refractivity (Wildman–Crippen MR) is 102 cm³/mol. The molecule has 10 heteroatoms. The molecule has 1 fully saturated rings. The average Bonchev–Trinajstić information content (AvgIpc) is 2.97. The summed E-state index contributed by atoms with van der Waals surface area (Å²) >= 11 is 5.83. The molecule has 0 spiro atoms. The molecule has 0 aliphatic carbocycles. The van der Waals surface area contributed by atoms with Crippen LogP contribution in [0.15, 0.2) is 35.3 Å². The summed E-state index contributed by atoms with van der Waals surface area (Å²) in [6.45, 7) is 1.57. The second-order valence-corrected chi connectivity index (χ2v) is 7.04. The fourth-order valence-corrected chi connectivity index (χ4v) is 3.26. The van der Waals surface area contributed by atoms with Crippen LogP contribution in [0.3, 0.4) is 0 Å². The molecule has 3 heterocycles. The number of methoxy groups -OCH3 is 1. The highest BCUT2D eigenvalue weighted by atomic mass is 35.5. The van der Waals surface area contributed by atoms with Gasteiger partial charge in [0.15, 0.2) is 0 Å². The van der Waals surface area contributed by atoms with Crippen LogP contribution in [0.4, 0.5) is 10.1 Å². The number of rotatable bonds is 5. The molecule has 1 aromatic carbocycles. The van der Waals surface area contributed by atoms with Crippen molar-refractivity contribution < 1.29 is 9.13 Å². The van der Waals surface area contributed by atoms with Gasteiger partial charge in [0.2, 0.25) is 0 Å². The van der Waals surface area contributed by atoms with E-state index in [0.29, 0.717) is 16.4 Å². The summed E-state index contributed by atoms with van der Waals surface area (Å²) in [5.74, 6) is -0.504. The Morgan fingerprint density at radius 1 is 1.32 bits per heavy atom. The van der Waals surface area contributed by atoms with Crippen LogP contribution < -0.4 is 10.5 Å². The zero-order valence-electron chi connectivity index (χ0n) is 15.3. The Bertz CT molecular complexity index is 1080. The number of benzene rings is 1. The van der Waals surface area contributed by atoms with Crippen LogP contribution in [0.25, 0.3) is 11.3 Å². The van der Waals surface area contributed by atoms with E-state index in [1.807, 2.05) is 4.90 Å². The highest BCUT2D eigenvalue weighted by Gasteiger charge is 2.27. The minimum absolute atomic E-state index is 0.112. The molecule has 0 radical (unpaired) electrons. The molecular formula is C18H18ClFN6O2. The second-order valence-electron chi connectivity index (χ2n) is 6.60.